The van der Waals surface area contributed by atoms with Gasteiger partial charge in [-0.05, 0) is 30.5 Å². The quantitative estimate of drug-likeness (QED) is 0.229. The molecule has 156 valence electrons. The molecule has 2 aromatic rings. The molecule has 0 aliphatic carbocycles. The van der Waals surface area contributed by atoms with Crippen LogP contribution in [0.25, 0.3) is 0 Å². The van der Waals surface area contributed by atoms with Crippen LogP contribution in [0.4, 0.5) is 0 Å². The maximum atomic E-state index is 12.9. The summed E-state index contributed by atoms with van der Waals surface area (Å²) in [7, 11) is 1.55. The number of nitrogens with one attached hydrogen (secondary N) is 2. The zero-order valence-electron chi connectivity index (χ0n) is 17.0. The number of hydrogen-bond acceptors (Lipinski definition) is 5. The average Bonchev–Trinajstić information content (AvgIpc) is 2.82. The molecule has 1 saturated heterocycles. The number of nitrogens with zero attached hydrogens (tertiary/aromatic N) is 3. The van der Waals surface area contributed by atoms with Crippen LogP contribution in [0.5, 0.6) is 5.75 Å². The first-order valence-electron chi connectivity index (χ1n) is 9.78. The van der Waals surface area contributed by atoms with Crippen molar-refractivity contribution in [2.75, 3.05) is 26.7 Å². The van der Waals surface area contributed by atoms with Crippen molar-refractivity contribution in [3.05, 3.63) is 65.7 Å². The molecule has 0 spiro atoms. The molecule has 0 saturated carbocycles. The SMILES string of the molecule is COc1ccccc1C(=O)NCC1(c2ccccc2)CCN(C(=NC#N)NN)CC1. The van der Waals surface area contributed by atoms with Crippen LogP contribution in [0.2, 0.25) is 0 Å². The van der Waals surface area contributed by atoms with E-state index >= 15 is 0 Å². The van der Waals surface area contributed by atoms with Crippen molar-refractivity contribution in [3.63, 3.8) is 0 Å². The van der Waals surface area contributed by atoms with E-state index in [1.807, 2.05) is 35.2 Å². The van der Waals surface area contributed by atoms with Crippen molar-refractivity contribution in [3.8, 4) is 11.9 Å². The van der Waals surface area contributed by atoms with Crippen molar-refractivity contribution in [1.82, 2.24) is 15.6 Å². The Morgan fingerprint density at radius 3 is 2.50 bits per heavy atom. The second-order valence-corrected chi connectivity index (χ2v) is 7.20. The molecule has 30 heavy (non-hydrogen) atoms. The Labute approximate surface area is 176 Å². The van der Waals surface area contributed by atoms with Crippen molar-refractivity contribution in [2.45, 2.75) is 18.3 Å². The monoisotopic (exact) mass is 406 g/mol. The minimum absolute atomic E-state index is 0.166. The number of likely N-dealkylation sites (tertiary alicyclic amines) is 1. The van der Waals surface area contributed by atoms with Crippen LogP contribution in [0.15, 0.2) is 59.6 Å². The van der Waals surface area contributed by atoms with Crippen LogP contribution in [0, 0.1) is 11.5 Å². The van der Waals surface area contributed by atoms with E-state index in [2.05, 4.69) is 27.9 Å². The summed E-state index contributed by atoms with van der Waals surface area (Å²) in [6.07, 6.45) is 3.32. The number of piperidine rings is 1. The van der Waals surface area contributed by atoms with Gasteiger partial charge in [-0.2, -0.15) is 5.26 Å². The lowest BCUT2D eigenvalue weighted by atomic mass is 9.72. The molecule has 1 amide bonds. The van der Waals surface area contributed by atoms with Crippen LogP contribution in [0.3, 0.4) is 0 Å². The van der Waals surface area contributed by atoms with Gasteiger partial charge in [0.05, 0.1) is 12.7 Å². The molecule has 0 bridgehead atoms. The Hall–Kier alpha value is -3.57. The van der Waals surface area contributed by atoms with E-state index in [0.717, 1.165) is 12.8 Å². The fourth-order valence-electron chi connectivity index (χ4n) is 3.92. The minimum Gasteiger partial charge on any atom is -0.496 e. The van der Waals surface area contributed by atoms with E-state index in [4.69, 9.17) is 15.8 Å². The smallest absolute Gasteiger partial charge is 0.255 e. The Morgan fingerprint density at radius 2 is 1.87 bits per heavy atom. The van der Waals surface area contributed by atoms with Gasteiger partial charge in [0.25, 0.3) is 5.91 Å². The number of hydrazine groups is 1. The fourth-order valence-corrected chi connectivity index (χ4v) is 3.92. The number of hydrogen-bond donors (Lipinski definition) is 3. The molecular formula is C22H26N6O2. The van der Waals surface area contributed by atoms with Crippen molar-refractivity contribution in [2.24, 2.45) is 10.8 Å². The molecule has 1 aliphatic heterocycles. The molecule has 0 radical (unpaired) electrons. The zero-order chi connectivity index (χ0) is 21.4. The first kappa shape index (κ1) is 21.1. The summed E-state index contributed by atoms with van der Waals surface area (Å²) >= 11 is 0. The third-order valence-electron chi connectivity index (χ3n) is 5.63. The lowest BCUT2D eigenvalue weighted by Crippen LogP contribution is -2.53. The minimum atomic E-state index is -0.234. The van der Waals surface area contributed by atoms with Gasteiger partial charge in [0, 0.05) is 25.0 Å². The summed E-state index contributed by atoms with van der Waals surface area (Å²) in [5.41, 5.74) is 3.94. The molecular weight excluding hydrogens is 380 g/mol. The number of ether oxygens (including phenoxy) is 1. The highest BCUT2D eigenvalue weighted by Gasteiger charge is 2.37. The van der Waals surface area contributed by atoms with E-state index in [9.17, 15) is 4.79 Å². The second kappa shape index (κ2) is 9.76. The van der Waals surface area contributed by atoms with Gasteiger partial charge in [0.15, 0.2) is 0 Å². The van der Waals surface area contributed by atoms with Gasteiger partial charge in [-0.3, -0.25) is 10.2 Å². The first-order chi connectivity index (χ1) is 14.6. The largest absolute Gasteiger partial charge is 0.496 e. The highest BCUT2D eigenvalue weighted by Crippen LogP contribution is 2.35. The Balaban J connectivity index is 1.79. The molecule has 0 atom stereocenters. The number of carbonyl (C=O) groups is 1. The number of aliphatic imine (C=N–C) groups is 1. The third kappa shape index (κ3) is 4.53. The average molecular weight is 406 g/mol. The number of carbonyl (C=O) groups excluding carboxylic acids is 1. The number of rotatable bonds is 5. The number of methoxy groups -OCH3 is 1. The highest BCUT2D eigenvalue weighted by atomic mass is 16.5. The van der Waals surface area contributed by atoms with Gasteiger partial charge in [-0.25, -0.2) is 5.84 Å². The van der Waals surface area contributed by atoms with Gasteiger partial charge in [0.1, 0.15) is 5.75 Å². The first-order valence-corrected chi connectivity index (χ1v) is 9.78. The standard InChI is InChI=1S/C22H26N6O2/c1-30-19-10-6-5-9-18(19)20(29)25-15-22(17-7-3-2-4-8-17)11-13-28(14-12-22)21(27-24)26-16-23/h2-10H,11-15,24H2,1H3,(H,25,29)(H,26,27). The van der Waals surface area contributed by atoms with Gasteiger partial charge < -0.3 is 15.0 Å². The van der Waals surface area contributed by atoms with Crippen LogP contribution in [-0.4, -0.2) is 43.5 Å². The molecule has 2 aromatic carbocycles. The van der Waals surface area contributed by atoms with E-state index in [0.29, 0.717) is 36.9 Å². The Morgan fingerprint density at radius 1 is 1.20 bits per heavy atom. The lowest BCUT2D eigenvalue weighted by molar-refractivity contribution is 0.0929. The van der Waals surface area contributed by atoms with Crippen LogP contribution in [-0.2, 0) is 5.41 Å². The second-order valence-electron chi connectivity index (χ2n) is 7.20. The molecule has 4 N–H and O–H groups in total. The van der Waals surface area contributed by atoms with E-state index in [-0.39, 0.29) is 11.3 Å². The van der Waals surface area contributed by atoms with E-state index in [1.165, 1.54) is 5.56 Å². The third-order valence-corrected chi connectivity index (χ3v) is 5.63. The fraction of sp³-hybridized carbons (Fsp3) is 0.318. The molecule has 1 aliphatic rings. The maximum Gasteiger partial charge on any atom is 0.255 e. The number of amides is 1. The number of guanidine groups is 1. The normalized spacial score (nSPS) is 15.8. The van der Waals surface area contributed by atoms with Gasteiger partial charge in [0.2, 0.25) is 12.2 Å². The maximum absolute atomic E-state index is 12.9. The number of benzene rings is 2. The summed E-state index contributed by atoms with van der Waals surface area (Å²) in [5, 5.41) is 12.0. The van der Waals surface area contributed by atoms with Crippen LogP contribution < -0.4 is 21.3 Å². The molecule has 1 heterocycles. The Bertz CT molecular complexity index is 930. The van der Waals surface area contributed by atoms with Gasteiger partial charge >= 0.3 is 0 Å². The van der Waals surface area contributed by atoms with Gasteiger partial charge in [-0.15, -0.1) is 4.99 Å². The summed E-state index contributed by atoms with van der Waals surface area (Å²) in [5.74, 6) is 6.25. The number of nitriles is 1. The Kier molecular flexibility index (Phi) is 6.88. The molecule has 0 aromatic heterocycles. The van der Waals surface area contributed by atoms with Crippen molar-refractivity contribution >= 4 is 11.9 Å². The zero-order valence-corrected chi connectivity index (χ0v) is 17.0. The molecule has 8 nitrogen and oxygen atoms in total. The summed E-state index contributed by atoms with van der Waals surface area (Å²) < 4.78 is 5.32. The van der Waals surface area contributed by atoms with Crippen LogP contribution in [0.1, 0.15) is 28.8 Å². The van der Waals surface area contributed by atoms with Gasteiger partial charge in [-0.1, -0.05) is 42.5 Å². The van der Waals surface area contributed by atoms with E-state index < -0.39 is 0 Å². The summed E-state index contributed by atoms with van der Waals surface area (Å²) in [4.78, 5) is 18.6. The predicted octanol–water partition coefficient (Wildman–Crippen LogP) is 1.76. The number of para-hydroxylation sites is 1. The number of nitrogens with two attached hydrogens (primary N) is 1. The lowest BCUT2D eigenvalue weighted by Gasteiger charge is -2.43. The topological polar surface area (TPSA) is 116 Å². The molecule has 0 unspecified atom stereocenters. The summed E-state index contributed by atoms with van der Waals surface area (Å²) in [6, 6.07) is 17.4. The molecule has 3 rings (SSSR count). The predicted molar refractivity (Wildman–Crippen MR) is 115 cm³/mol. The van der Waals surface area contributed by atoms with Crippen molar-refractivity contribution < 1.29 is 9.53 Å². The summed E-state index contributed by atoms with van der Waals surface area (Å²) in [6.45, 7) is 1.80. The van der Waals surface area contributed by atoms with E-state index in [1.54, 1.807) is 25.4 Å². The molecule has 1 fully saturated rings. The van der Waals surface area contributed by atoms with Crippen LogP contribution >= 0.6 is 0 Å². The van der Waals surface area contributed by atoms with Crippen molar-refractivity contribution in [1.29, 1.82) is 5.26 Å². The molecule has 8 heteroatoms. The highest BCUT2D eigenvalue weighted by molar-refractivity contribution is 5.97.